The molecule has 0 aromatic heterocycles. The molecule has 7 heteroatoms. The molecule has 0 bridgehead atoms. The van der Waals surface area contributed by atoms with Crippen LogP contribution >= 0.6 is 0 Å². The lowest BCUT2D eigenvalue weighted by Gasteiger charge is -2.18. The molecule has 0 heterocycles. The lowest BCUT2D eigenvalue weighted by Crippen LogP contribution is -2.49. The molecule has 0 saturated heterocycles. The smallest absolute Gasteiger partial charge is 0.326 e. The Hall–Kier alpha value is -1.34. The molecule has 0 aromatic carbocycles. The van der Waals surface area contributed by atoms with E-state index in [2.05, 4.69) is 10.6 Å². The quantitative estimate of drug-likeness (QED) is 0.503. The molecule has 0 aliphatic rings. The first-order valence-corrected chi connectivity index (χ1v) is 6.33. The minimum atomic E-state index is -1.04. The average Bonchev–Trinajstić information content (AvgIpc) is 2.34. The van der Waals surface area contributed by atoms with Gasteiger partial charge in [-0.25, -0.2) is 9.59 Å². The fourth-order valence-corrected chi connectivity index (χ4v) is 1.35. The van der Waals surface area contributed by atoms with Crippen molar-refractivity contribution in [3.05, 3.63) is 0 Å². The van der Waals surface area contributed by atoms with Gasteiger partial charge in [-0.1, -0.05) is 13.8 Å². The summed E-state index contributed by atoms with van der Waals surface area (Å²) in [6, 6.07) is -1.38. The number of hydrogen-bond acceptors (Lipinski definition) is 4. The summed E-state index contributed by atoms with van der Waals surface area (Å²) in [6.07, 6.45) is 0.803. The van der Waals surface area contributed by atoms with Gasteiger partial charge in [0.15, 0.2) is 0 Å². The van der Waals surface area contributed by atoms with Crippen molar-refractivity contribution < 1.29 is 24.2 Å². The molecule has 0 rings (SSSR count). The molecule has 0 spiro atoms. The molecule has 112 valence electrons. The van der Waals surface area contributed by atoms with E-state index in [0.29, 0.717) is 26.4 Å². The number of nitrogens with one attached hydrogen (secondary N) is 2. The lowest BCUT2D eigenvalue weighted by atomic mass is 10.1. The van der Waals surface area contributed by atoms with Crippen LogP contribution in [0.2, 0.25) is 0 Å². The normalized spacial score (nSPS) is 12.2. The Morgan fingerprint density at radius 3 is 2.42 bits per heavy atom. The predicted octanol–water partition coefficient (Wildman–Crippen LogP) is 0.448. The Labute approximate surface area is 113 Å². The second-order valence-electron chi connectivity index (χ2n) is 4.42. The third kappa shape index (κ3) is 9.26. The van der Waals surface area contributed by atoms with Crippen LogP contribution in [0.15, 0.2) is 0 Å². The summed E-state index contributed by atoms with van der Waals surface area (Å²) in [4.78, 5) is 22.3. The summed E-state index contributed by atoms with van der Waals surface area (Å²) < 4.78 is 10.1. The molecule has 1 atom stereocenters. The molecule has 3 N–H and O–H groups in total. The highest BCUT2D eigenvalue weighted by Crippen LogP contribution is 2.00. The molecule has 0 aromatic rings. The van der Waals surface area contributed by atoms with Gasteiger partial charge in [-0.2, -0.15) is 0 Å². The number of carbonyl (C=O) groups is 2. The SMILES string of the molecule is COCCCOCCNC(=O)NC(C(=O)O)C(C)C. The van der Waals surface area contributed by atoms with Crippen LogP contribution < -0.4 is 10.6 Å². The maximum Gasteiger partial charge on any atom is 0.326 e. The highest BCUT2D eigenvalue weighted by Gasteiger charge is 2.22. The fourth-order valence-electron chi connectivity index (χ4n) is 1.35. The molecular formula is C12H24N2O5. The van der Waals surface area contributed by atoms with Crippen molar-refractivity contribution in [3.63, 3.8) is 0 Å². The minimum Gasteiger partial charge on any atom is -0.480 e. The van der Waals surface area contributed by atoms with Gasteiger partial charge in [0.1, 0.15) is 6.04 Å². The minimum absolute atomic E-state index is 0.173. The highest BCUT2D eigenvalue weighted by atomic mass is 16.5. The molecule has 0 fully saturated rings. The van der Waals surface area contributed by atoms with E-state index in [1.807, 2.05) is 0 Å². The van der Waals surface area contributed by atoms with E-state index in [0.717, 1.165) is 6.42 Å². The van der Waals surface area contributed by atoms with Crippen molar-refractivity contribution in [2.75, 3.05) is 33.5 Å². The van der Waals surface area contributed by atoms with E-state index in [4.69, 9.17) is 14.6 Å². The number of hydrogen-bond donors (Lipinski definition) is 3. The number of urea groups is 1. The maximum absolute atomic E-state index is 11.4. The topological polar surface area (TPSA) is 96.9 Å². The molecule has 0 aliphatic heterocycles. The molecule has 7 nitrogen and oxygen atoms in total. The zero-order valence-corrected chi connectivity index (χ0v) is 11.8. The van der Waals surface area contributed by atoms with Gasteiger partial charge >= 0.3 is 12.0 Å². The first-order chi connectivity index (χ1) is 8.99. The Kier molecular flexibility index (Phi) is 9.82. The van der Waals surface area contributed by atoms with Crippen molar-refractivity contribution in [2.24, 2.45) is 5.92 Å². The summed E-state index contributed by atoms with van der Waals surface area (Å²) in [6.45, 7) is 5.40. The van der Waals surface area contributed by atoms with E-state index in [1.165, 1.54) is 0 Å². The first kappa shape index (κ1) is 17.7. The third-order valence-corrected chi connectivity index (χ3v) is 2.39. The molecule has 1 unspecified atom stereocenters. The Morgan fingerprint density at radius 1 is 1.21 bits per heavy atom. The number of ether oxygens (including phenoxy) is 2. The van der Waals surface area contributed by atoms with E-state index in [9.17, 15) is 9.59 Å². The van der Waals surface area contributed by atoms with Crippen LogP contribution in [0.25, 0.3) is 0 Å². The number of carbonyl (C=O) groups excluding carboxylic acids is 1. The Morgan fingerprint density at radius 2 is 1.89 bits per heavy atom. The van der Waals surface area contributed by atoms with Gasteiger partial charge in [0.05, 0.1) is 6.61 Å². The predicted molar refractivity (Wildman–Crippen MR) is 70.1 cm³/mol. The van der Waals surface area contributed by atoms with Crippen LogP contribution in [0, 0.1) is 5.92 Å². The number of aliphatic carboxylic acids is 1. The highest BCUT2D eigenvalue weighted by molar-refractivity contribution is 5.82. The van der Waals surface area contributed by atoms with Gasteiger partial charge in [-0.15, -0.1) is 0 Å². The van der Waals surface area contributed by atoms with Crippen LogP contribution in [0.1, 0.15) is 20.3 Å². The van der Waals surface area contributed by atoms with Crippen molar-refractivity contribution in [1.82, 2.24) is 10.6 Å². The van der Waals surface area contributed by atoms with Gasteiger partial charge < -0.3 is 25.2 Å². The van der Waals surface area contributed by atoms with Crippen LogP contribution in [0.5, 0.6) is 0 Å². The van der Waals surface area contributed by atoms with Gasteiger partial charge in [-0.05, 0) is 12.3 Å². The van der Waals surface area contributed by atoms with Crippen LogP contribution in [-0.2, 0) is 14.3 Å². The number of methoxy groups -OCH3 is 1. The molecule has 19 heavy (non-hydrogen) atoms. The largest absolute Gasteiger partial charge is 0.480 e. The number of rotatable bonds is 10. The van der Waals surface area contributed by atoms with E-state index in [-0.39, 0.29) is 5.92 Å². The lowest BCUT2D eigenvalue weighted by molar-refractivity contribution is -0.140. The molecule has 0 saturated carbocycles. The molecule has 2 amide bonds. The molecule has 0 aliphatic carbocycles. The monoisotopic (exact) mass is 276 g/mol. The summed E-state index contributed by atoms with van der Waals surface area (Å²) in [7, 11) is 1.62. The van der Waals surface area contributed by atoms with Gasteiger partial charge in [0.2, 0.25) is 0 Å². The maximum atomic E-state index is 11.4. The second-order valence-corrected chi connectivity index (χ2v) is 4.42. The van der Waals surface area contributed by atoms with Gasteiger partial charge in [0.25, 0.3) is 0 Å². The number of carboxylic acid groups (broad SMARTS) is 1. The summed E-state index contributed by atoms with van der Waals surface area (Å²) in [5, 5.41) is 13.9. The fraction of sp³-hybridized carbons (Fsp3) is 0.833. The average molecular weight is 276 g/mol. The van der Waals surface area contributed by atoms with E-state index in [1.54, 1.807) is 21.0 Å². The van der Waals surface area contributed by atoms with Crippen molar-refractivity contribution in [3.8, 4) is 0 Å². The van der Waals surface area contributed by atoms with Gasteiger partial charge in [-0.3, -0.25) is 0 Å². The number of amides is 2. The third-order valence-electron chi connectivity index (χ3n) is 2.39. The summed E-state index contributed by atoms with van der Waals surface area (Å²) in [5.41, 5.74) is 0. The van der Waals surface area contributed by atoms with E-state index < -0.39 is 18.0 Å². The standard InChI is InChI=1S/C12H24N2O5/c1-9(2)10(11(15)16)14-12(17)13-5-8-19-7-4-6-18-3/h9-10H,4-8H2,1-3H3,(H,15,16)(H2,13,14,17). The Balaban J connectivity index is 3.66. The van der Waals surface area contributed by atoms with Crippen LogP contribution in [0.4, 0.5) is 4.79 Å². The Bertz CT molecular complexity index is 271. The van der Waals surface area contributed by atoms with Crippen molar-refractivity contribution in [1.29, 1.82) is 0 Å². The van der Waals surface area contributed by atoms with E-state index >= 15 is 0 Å². The second kappa shape index (κ2) is 10.6. The van der Waals surface area contributed by atoms with Gasteiger partial charge in [0, 0.05) is 26.9 Å². The zero-order valence-electron chi connectivity index (χ0n) is 11.8. The molecule has 0 radical (unpaired) electrons. The van der Waals surface area contributed by atoms with Crippen LogP contribution in [-0.4, -0.2) is 56.6 Å². The van der Waals surface area contributed by atoms with Crippen molar-refractivity contribution in [2.45, 2.75) is 26.3 Å². The summed E-state index contributed by atoms with van der Waals surface area (Å²) >= 11 is 0. The van der Waals surface area contributed by atoms with Crippen molar-refractivity contribution >= 4 is 12.0 Å². The summed E-state index contributed by atoms with van der Waals surface area (Å²) in [5.74, 6) is -1.21. The van der Waals surface area contributed by atoms with Crippen LogP contribution in [0.3, 0.4) is 0 Å². The number of carboxylic acids is 1. The zero-order chi connectivity index (χ0) is 14.7. The first-order valence-electron chi connectivity index (χ1n) is 6.33. The molecular weight excluding hydrogens is 252 g/mol.